The second-order valence-electron chi connectivity index (χ2n) is 7.76. The van der Waals surface area contributed by atoms with Crippen molar-refractivity contribution in [3.63, 3.8) is 0 Å². The van der Waals surface area contributed by atoms with Crippen LogP contribution >= 0.6 is 11.8 Å². The molecule has 0 aliphatic heterocycles. The third-order valence-corrected chi connectivity index (χ3v) is 5.61. The predicted octanol–water partition coefficient (Wildman–Crippen LogP) is 5.74. The Morgan fingerprint density at radius 3 is 2.34 bits per heavy atom. The maximum absolute atomic E-state index is 11.6. The molecule has 0 aliphatic rings. The molecule has 7 nitrogen and oxygen atoms in total. The average Bonchev–Trinajstić information content (AvgIpc) is 2.74. The number of rotatable bonds is 9. The summed E-state index contributed by atoms with van der Waals surface area (Å²) in [5, 5.41) is 11.6. The average molecular weight is 453 g/mol. The van der Waals surface area contributed by atoms with E-state index >= 15 is 0 Å². The van der Waals surface area contributed by atoms with Crippen molar-refractivity contribution < 1.29 is 19.2 Å². The highest BCUT2D eigenvalue weighted by atomic mass is 32.2. The number of nitrogens with two attached hydrogens (primary N) is 1. The van der Waals surface area contributed by atoms with Gasteiger partial charge in [0, 0.05) is 11.3 Å². The summed E-state index contributed by atoms with van der Waals surface area (Å²) < 4.78 is 10.8. The lowest BCUT2D eigenvalue weighted by Crippen LogP contribution is -2.33. The molecular formula is C24H24N2O5S. The van der Waals surface area contributed by atoms with Crippen LogP contribution in [0.2, 0.25) is 0 Å². The molecule has 0 heterocycles. The SMILES string of the molecule is CC(C)(Cc1ccc(Sc2ccc(OCc3ccccc3)cc2[N+](=O)[O-])cc1)OC(N)=O. The number of nitro benzene ring substituents is 1. The van der Waals surface area contributed by atoms with Gasteiger partial charge in [-0.3, -0.25) is 10.1 Å². The standard InChI is InChI=1S/C24H24N2O5S/c1-24(2,31-23(25)27)15-17-8-11-20(12-9-17)32-22-13-10-19(14-21(22)26(28)29)30-16-18-6-4-3-5-7-18/h3-14H,15-16H2,1-2H3,(H2,25,27). The number of carbonyl (C=O) groups is 1. The van der Waals surface area contributed by atoms with Gasteiger partial charge in [0.05, 0.1) is 15.9 Å². The third kappa shape index (κ3) is 6.75. The first-order valence-electron chi connectivity index (χ1n) is 9.92. The molecule has 8 heteroatoms. The molecule has 0 bridgehead atoms. The minimum Gasteiger partial charge on any atom is -0.489 e. The van der Waals surface area contributed by atoms with Crippen LogP contribution in [-0.2, 0) is 17.8 Å². The van der Waals surface area contributed by atoms with Gasteiger partial charge in [-0.2, -0.15) is 0 Å². The fourth-order valence-electron chi connectivity index (χ4n) is 3.16. The van der Waals surface area contributed by atoms with Crippen LogP contribution in [0.1, 0.15) is 25.0 Å². The van der Waals surface area contributed by atoms with Crippen molar-refractivity contribution in [2.45, 2.75) is 42.3 Å². The Kier molecular flexibility index (Phi) is 7.37. The molecular weight excluding hydrogens is 428 g/mol. The van der Waals surface area contributed by atoms with E-state index in [1.807, 2.05) is 54.6 Å². The summed E-state index contributed by atoms with van der Waals surface area (Å²) in [5.41, 5.74) is 6.31. The Morgan fingerprint density at radius 2 is 1.72 bits per heavy atom. The molecule has 0 aliphatic carbocycles. The summed E-state index contributed by atoms with van der Waals surface area (Å²) >= 11 is 1.30. The second kappa shape index (κ2) is 10.2. The molecule has 0 fully saturated rings. The van der Waals surface area contributed by atoms with Gasteiger partial charge in [0.15, 0.2) is 0 Å². The molecule has 0 saturated carbocycles. The summed E-state index contributed by atoms with van der Waals surface area (Å²) in [6.45, 7) is 3.90. The molecule has 2 N–H and O–H groups in total. The molecule has 32 heavy (non-hydrogen) atoms. The maximum Gasteiger partial charge on any atom is 0.405 e. The van der Waals surface area contributed by atoms with Gasteiger partial charge >= 0.3 is 6.09 Å². The van der Waals surface area contributed by atoms with E-state index in [0.29, 0.717) is 23.7 Å². The number of nitro groups is 1. The monoisotopic (exact) mass is 452 g/mol. The topological polar surface area (TPSA) is 105 Å². The van der Waals surface area contributed by atoms with E-state index in [-0.39, 0.29) is 5.69 Å². The fourth-order valence-corrected chi connectivity index (χ4v) is 4.06. The predicted molar refractivity (Wildman–Crippen MR) is 123 cm³/mol. The Morgan fingerprint density at radius 1 is 1.03 bits per heavy atom. The van der Waals surface area contributed by atoms with E-state index < -0.39 is 16.6 Å². The highest BCUT2D eigenvalue weighted by Gasteiger charge is 2.22. The maximum atomic E-state index is 11.6. The summed E-state index contributed by atoms with van der Waals surface area (Å²) in [7, 11) is 0. The smallest absolute Gasteiger partial charge is 0.405 e. The van der Waals surface area contributed by atoms with Crippen LogP contribution in [0.4, 0.5) is 10.5 Å². The molecule has 166 valence electrons. The van der Waals surface area contributed by atoms with Gasteiger partial charge in [-0.05, 0) is 49.2 Å². The second-order valence-corrected chi connectivity index (χ2v) is 8.88. The third-order valence-electron chi connectivity index (χ3n) is 4.53. The van der Waals surface area contributed by atoms with Crippen molar-refractivity contribution in [1.29, 1.82) is 0 Å². The van der Waals surface area contributed by atoms with Crippen LogP contribution in [0.3, 0.4) is 0 Å². The minimum absolute atomic E-state index is 0.0133. The van der Waals surface area contributed by atoms with Crippen molar-refractivity contribution in [2.75, 3.05) is 0 Å². The first-order chi connectivity index (χ1) is 15.2. The van der Waals surface area contributed by atoms with Gasteiger partial charge < -0.3 is 15.2 Å². The largest absolute Gasteiger partial charge is 0.489 e. The van der Waals surface area contributed by atoms with Gasteiger partial charge in [0.2, 0.25) is 0 Å². The molecule has 0 spiro atoms. The Bertz CT molecular complexity index is 1090. The van der Waals surface area contributed by atoms with Crippen LogP contribution < -0.4 is 10.5 Å². The van der Waals surface area contributed by atoms with Gasteiger partial charge in [0.25, 0.3) is 5.69 Å². The van der Waals surface area contributed by atoms with E-state index in [1.165, 1.54) is 17.8 Å². The number of primary amides is 1. The Labute approximate surface area is 190 Å². The minimum atomic E-state index is -0.814. The summed E-state index contributed by atoms with van der Waals surface area (Å²) in [4.78, 5) is 23.6. The molecule has 0 atom stereocenters. The van der Waals surface area contributed by atoms with E-state index in [0.717, 1.165) is 16.0 Å². The zero-order chi connectivity index (χ0) is 23.1. The van der Waals surface area contributed by atoms with Gasteiger partial charge in [-0.15, -0.1) is 0 Å². The first kappa shape index (κ1) is 23.1. The highest BCUT2D eigenvalue weighted by molar-refractivity contribution is 7.99. The van der Waals surface area contributed by atoms with Crippen molar-refractivity contribution in [1.82, 2.24) is 0 Å². The van der Waals surface area contributed by atoms with Crippen LogP contribution in [-0.4, -0.2) is 16.6 Å². The van der Waals surface area contributed by atoms with Crippen LogP contribution in [0, 0.1) is 10.1 Å². The number of ether oxygens (including phenoxy) is 2. The molecule has 3 aromatic carbocycles. The van der Waals surface area contributed by atoms with Gasteiger partial charge in [-0.25, -0.2) is 4.79 Å². The van der Waals surface area contributed by atoms with Gasteiger partial charge in [0.1, 0.15) is 18.0 Å². The van der Waals surface area contributed by atoms with E-state index in [2.05, 4.69) is 0 Å². The lowest BCUT2D eigenvalue weighted by molar-refractivity contribution is -0.387. The Hall–Kier alpha value is -3.52. The van der Waals surface area contributed by atoms with E-state index in [1.54, 1.807) is 26.0 Å². The number of hydrogen-bond acceptors (Lipinski definition) is 6. The number of nitrogens with zero attached hydrogens (tertiary/aromatic N) is 1. The number of benzene rings is 3. The summed E-state index contributed by atoms with van der Waals surface area (Å²) in [6.07, 6.45) is -0.320. The van der Waals surface area contributed by atoms with Crippen molar-refractivity contribution in [3.05, 3.63) is 94.0 Å². The molecule has 3 rings (SSSR count). The molecule has 0 unspecified atom stereocenters. The molecule has 3 aromatic rings. The first-order valence-corrected chi connectivity index (χ1v) is 10.7. The number of hydrogen-bond donors (Lipinski definition) is 1. The van der Waals surface area contributed by atoms with E-state index in [4.69, 9.17) is 15.2 Å². The number of amides is 1. The zero-order valence-corrected chi connectivity index (χ0v) is 18.6. The lowest BCUT2D eigenvalue weighted by atomic mass is 9.98. The summed E-state index contributed by atoms with van der Waals surface area (Å²) in [5.74, 6) is 0.442. The quantitative estimate of drug-likeness (QED) is 0.328. The lowest BCUT2D eigenvalue weighted by Gasteiger charge is -2.24. The van der Waals surface area contributed by atoms with Crippen LogP contribution in [0.15, 0.2) is 82.6 Å². The van der Waals surface area contributed by atoms with Crippen molar-refractivity contribution >= 4 is 23.5 Å². The Balaban J connectivity index is 1.69. The normalized spacial score (nSPS) is 11.1. The number of carbonyl (C=O) groups excluding carboxylic acids is 1. The molecule has 0 saturated heterocycles. The van der Waals surface area contributed by atoms with Crippen molar-refractivity contribution in [2.24, 2.45) is 5.73 Å². The molecule has 0 aromatic heterocycles. The molecule has 1 amide bonds. The van der Waals surface area contributed by atoms with E-state index in [9.17, 15) is 14.9 Å². The zero-order valence-electron chi connectivity index (χ0n) is 17.8. The summed E-state index contributed by atoms with van der Waals surface area (Å²) in [6, 6.07) is 22.1. The van der Waals surface area contributed by atoms with Crippen molar-refractivity contribution in [3.8, 4) is 5.75 Å². The van der Waals surface area contributed by atoms with Crippen LogP contribution in [0.25, 0.3) is 0 Å². The molecule has 0 radical (unpaired) electrons. The fraction of sp³-hybridized carbons (Fsp3) is 0.208. The van der Waals surface area contributed by atoms with Gasteiger partial charge in [-0.1, -0.05) is 54.2 Å². The van der Waals surface area contributed by atoms with Crippen LogP contribution in [0.5, 0.6) is 5.75 Å². The highest BCUT2D eigenvalue weighted by Crippen LogP contribution is 2.37.